The topological polar surface area (TPSA) is 20.3 Å². The minimum Gasteiger partial charge on any atom is -0.334 e. The molecule has 2 aromatic rings. The Labute approximate surface area is 142 Å². The highest BCUT2D eigenvalue weighted by molar-refractivity contribution is 6.84. The zero-order valence-electron chi connectivity index (χ0n) is 13.2. The molecule has 0 fully saturated rings. The van der Waals surface area contributed by atoms with Gasteiger partial charge in [0, 0.05) is 5.56 Å². The zero-order chi connectivity index (χ0) is 16.5. The summed E-state index contributed by atoms with van der Waals surface area (Å²) in [6, 6.07) is 12.9. The van der Waals surface area contributed by atoms with Crippen molar-refractivity contribution >= 4 is 43.0 Å². The number of benzene rings is 2. The minimum absolute atomic E-state index is 0.0575. The van der Waals surface area contributed by atoms with Gasteiger partial charge in [0.25, 0.3) is 0 Å². The van der Waals surface area contributed by atoms with Crippen LogP contribution < -0.4 is 4.57 Å². The van der Waals surface area contributed by atoms with Crippen LogP contribution in [0.3, 0.4) is 0 Å². The van der Waals surface area contributed by atoms with Crippen LogP contribution in [0.25, 0.3) is 0 Å². The summed E-state index contributed by atoms with van der Waals surface area (Å²) in [5.74, 6) is -0.0575. The van der Waals surface area contributed by atoms with E-state index in [1.165, 1.54) is 0 Å². The largest absolute Gasteiger partial charge is 0.334 e. The summed E-state index contributed by atoms with van der Waals surface area (Å²) in [4.78, 5) is 13.1. The lowest BCUT2D eigenvalue weighted by molar-refractivity contribution is 0.100. The van der Waals surface area contributed by atoms with E-state index in [9.17, 15) is 4.79 Å². The summed E-state index contributed by atoms with van der Waals surface area (Å²) < 4.78 is 1.80. The van der Waals surface area contributed by atoms with Gasteiger partial charge in [-0.15, -0.1) is 0 Å². The SMILES string of the molecule is Cc1cccc(C(=O)N(c2c(Cl)cccc2Cl)[Si](C)(C)C)c1. The van der Waals surface area contributed by atoms with Crippen molar-refractivity contribution in [3.63, 3.8) is 0 Å². The van der Waals surface area contributed by atoms with Crippen LogP contribution in [0.1, 0.15) is 15.9 Å². The molecule has 2 rings (SSSR count). The minimum atomic E-state index is -2.04. The van der Waals surface area contributed by atoms with E-state index in [1.807, 2.05) is 31.2 Å². The lowest BCUT2D eigenvalue weighted by atomic mass is 10.1. The molecule has 2 aromatic carbocycles. The number of para-hydroxylation sites is 1. The van der Waals surface area contributed by atoms with E-state index in [0.29, 0.717) is 21.3 Å². The average molecular weight is 352 g/mol. The highest BCUT2D eigenvalue weighted by Crippen LogP contribution is 2.37. The quantitative estimate of drug-likeness (QED) is 0.641. The normalized spacial score (nSPS) is 11.4. The Hall–Kier alpha value is -1.29. The molecule has 0 aromatic heterocycles. The van der Waals surface area contributed by atoms with Gasteiger partial charge >= 0.3 is 0 Å². The molecular weight excluding hydrogens is 333 g/mol. The molecule has 0 saturated heterocycles. The van der Waals surface area contributed by atoms with Crippen LogP contribution in [0.5, 0.6) is 0 Å². The Bertz CT molecular complexity index is 690. The molecule has 0 heterocycles. The maximum Gasteiger partial charge on any atom is 0.250 e. The number of hydrogen-bond donors (Lipinski definition) is 0. The van der Waals surface area contributed by atoms with Crippen molar-refractivity contribution in [2.24, 2.45) is 0 Å². The first-order valence-corrected chi connectivity index (χ1v) is 11.3. The molecule has 0 aliphatic heterocycles. The second kappa shape index (κ2) is 6.45. The first kappa shape index (κ1) is 17.1. The Morgan fingerprint density at radius 2 is 1.55 bits per heavy atom. The summed E-state index contributed by atoms with van der Waals surface area (Å²) in [5, 5.41) is 0.992. The van der Waals surface area contributed by atoms with E-state index in [2.05, 4.69) is 19.6 Å². The maximum absolute atomic E-state index is 13.1. The van der Waals surface area contributed by atoms with E-state index in [1.54, 1.807) is 22.8 Å². The maximum atomic E-state index is 13.1. The van der Waals surface area contributed by atoms with Gasteiger partial charge in [-0.3, -0.25) is 4.79 Å². The molecule has 0 bridgehead atoms. The van der Waals surface area contributed by atoms with Crippen LogP contribution in [0.4, 0.5) is 5.69 Å². The summed E-state index contributed by atoms with van der Waals surface area (Å²) in [7, 11) is -2.04. The molecule has 0 unspecified atom stereocenters. The second-order valence-electron chi connectivity index (χ2n) is 6.25. The van der Waals surface area contributed by atoms with Gasteiger partial charge in [0.15, 0.2) is 8.24 Å². The number of nitrogens with zero attached hydrogens (tertiary/aromatic N) is 1. The molecule has 0 saturated carbocycles. The van der Waals surface area contributed by atoms with Crippen molar-refractivity contribution in [1.29, 1.82) is 0 Å². The van der Waals surface area contributed by atoms with E-state index in [-0.39, 0.29) is 5.91 Å². The predicted molar refractivity (Wildman–Crippen MR) is 97.8 cm³/mol. The van der Waals surface area contributed by atoms with Crippen LogP contribution in [-0.4, -0.2) is 14.1 Å². The van der Waals surface area contributed by atoms with Crippen LogP contribution in [0.2, 0.25) is 29.7 Å². The molecule has 0 radical (unpaired) electrons. The van der Waals surface area contributed by atoms with Crippen molar-refractivity contribution in [2.75, 3.05) is 4.57 Å². The van der Waals surface area contributed by atoms with Gasteiger partial charge < -0.3 is 4.57 Å². The van der Waals surface area contributed by atoms with Crippen LogP contribution >= 0.6 is 23.2 Å². The fourth-order valence-corrected chi connectivity index (χ4v) is 4.71. The molecule has 22 heavy (non-hydrogen) atoms. The number of carbonyl (C=O) groups excluding carboxylic acids is 1. The number of halogens is 2. The Morgan fingerprint density at radius 3 is 2.05 bits per heavy atom. The number of hydrogen-bond acceptors (Lipinski definition) is 1. The summed E-state index contributed by atoms with van der Waals surface area (Å²) in [6.07, 6.45) is 0. The molecule has 0 atom stereocenters. The van der Waals surface area contributed by atoms with Gasteiger partial charge in [0.05, 0.1) is 15.7 Å². The molecular formula is C17H19Cl2NOSi. The molecule has 1 amide bonds. The Balaban J connectivity index is 2.60. The third kappa shape index (κ3) is 3.54. The summed E-state index contributed by atoms with van der Waals surface area (Å²) in [6.45, 7) is 8.26. The van der Waals surface area contributed by atoms with Crippen LogP contribution in [-0.2, 0) is 0 Å². The lowest BCUT2D eigenvalue weighted by Crippen LogP contribution is -2.50. The number of anilines is 1. The number of amides is 1. The number of rotatable bonds is 3. The Morgan fingerprint density at radius 1 is 1.00 bits per heavy atom. The first-order valence-electron chi connectivity index (χ1n) is 7.07. The van der Waals surface area contributed by atoms with E-state index in [4.69, 9.17) is 23.2 Å². The molecule has 116 valence electrons. The molecule has 0 spiro atoms. The van der Waals surface area contributed by atoms with Gasteiger partial charge in [0.1, 0.15) is 0 Å². The highest BCUT2D eigenvalue weighted by Gasteiger charge is 2.33. The van der Waals surface area contributed by atoms with Crippen molar-refractivity contribution in [3.8, 4) is 0 Å². The smallest absolute Gasteiger partial charge is 0.250 e. The molecule has 5 heteroatoms. The molecule has 0 aliphatic rings. The fraction of sp³-hybridized carbons (Fsp3) is 0.235. The first-order chi connectivity index (χ1) is 10.2. The van der Waals surface area contributed by atoms with Crippen LogP contribution in [0, 0.1) is 6.92 Å². The Kier molecular flexibility index (Phi) is 5.00. The predicted octanol–water partition coefficient (Wildman–Crippen LogP) is 5.78. The van der Waals surface area contributed by atoms with Gasteiger partial charge in [-0.05, 0) is 31.2 Å². The highest BCUT2D eigenvalue weighted by atomic mass is 35.5. The molecule has 0 N–H and O–H groups in total. The number of carbonyl (C=O) groups is 1. The van der Waals surface area contributed by atoms with Gasteiger partial charge in [-0.2, -0.15) is 0 Å². The fourth-order valence-electron chi connectivity index (χ4n) is 2.35. The van der Waals surface area contributed by atoms with Gasteiger partial charge in [-0.25, -0.2) is 0 Å². The monoisotopic (exact) mass is 351 g/mol. The zero-order valence-corrected chi connectivity index (χ0v) is 15.7. The average Bonchev–Trinajstić information content (AvgIpc) is 2.41. The summed E-state index contributed by atoms with van der Waals surface area (Å²) >= 11 is 12.7. The van der Waals surface area contributed by atoms with Crippen molar-refractivity contribution in [1.82, 2.24) is 0 Å². The van der Waals surface area contributed by atoms with Gasteiger partial charge in [-0.1, -0.05) is 66.6 Å². The third-order valence-electron chi connectivity index (χ3n) is 3.30. The second-order valence-corrected chi connectivity index (χ2v) is 11.9. The molecule has 0 aliphatic carbocycles. The van der Waals surface area contributed by atoms with Crippen LogP contribution in [0.15, 0.2) is 42.5 Å². The van der Waals surface area contributed by atoms with Crippen molar-refractivity contribution in [2.45, 2.75) is 26.6 Å². The number of aryl methyl sites for hydroxylation is 1. The summed E-state index contributed by atoms with van der Waals surface area (Å²) in [5.41, 5.74) is 2.31. The van der Waals surface area contributed by atoms with E-state index in [0.717, 1.165) is 5.56 Å². The van der Waals surface area contributed by atoms with Gasteiger partial charge in [0.2, 0.25) is 5.91 Å². The van der Waals surface area contributed by atoms with Crippen molar-refractivity contribution < 1.29 is 4.79 Å². The standard InChI is InChI=1S/C17H19Cl2NOSi/c1-12-7-5-8-13(11-12)17(21)20(22(2,3)4)16-14(18)9-6-10-15(16)19/h5-11H,1-4H3. The molecule has 2 nitrogen and oxygen atoms in total. The lowest BCUT2D eigenvalue weighted by Gasteiger charge is -2.35. The van der Waals surface area contributed by atoms with Crippen molar-refractivity contribution in [3.05, 3.63) is 63.6 Å². The third-order valence-corrected chi connectivity index (χ3v) is 5.68. The van der Waals surface area contributed by atoms with E-state index >= 15 is 0 Å². The van der Waals surface area contributed by atoms with E-state index < -0.39 is 8.24 Å².